The zero-order valence-corrected chi connectivity index (χ0v) is 12.3. The van der Waals surface area contributed by atoms with Gasteiger partial charge >= 0.3 is 0 Å². The number of fused-ring (bicyclic) bond motifs is 1. The number of benzene rings is 1. The van der Waals surface area contributed by atoms with Crippen molar-refractivity contribution in [3.05, 3.63) is 23.2 Å². The lowest BCUT2D eigenvalue weighted by Gasteiger charge is -2.18. The summed E-state index contributed by atoms with van der Waals surface area (Å²) in [7, 11) is 0. The van der Waals surface area contributed by atoms with Crippen LogP contribution >= 0.6 is 11.3 Å². The Balaban J connectivity index is 2.14. The van der Waals surface area contributed by atoms with Crippen LogP contribution in [0.5, 0.6) is 0 Å². The van der Waals surface area contributed by atoms with Crippen LogP contribution in [0, 0.1) is 6.92 Å². The van der Waals surface area contributed by atoms with Gasteiger partial charge in [0.05, 0.1) is 15.2 Å². The highest BCUT2D eigenvalue weighted by Gasteiger charge is 2.07. The highest BCUT2D eigenvalue weighted by Crippen LogP contribution is 2.25. The number of hydrogen-bond acceptors (Lipinski definition) is 3. The molecule has 0 bridgehead atoms. The Kier molecular flexibility index (Phi) is 4.59. The Morgan fingerprint density at radius 1 is 1.22 bits per heavy atom. The molecule has 0 fully saturated rings. The summed E-state index contributed by atoms with van der Waals surface area (Å²) < 4.78 is 1.28. The van der Waals surface area contributed by atoms with E-state index in [2.05, 4.69) is 49.3 Å². The molecule has 1 aromatic heterocycles. The van der Waals surface area contributed by atoms with Crippen molar-refractivity contribution in [2.45, 2.75) is 52.5 Å². The second-order valence-corrected chi connectivity index (χ2v) is 6.07. The molecule has 0 saturated carbocycles. The molecule has 2 nitrogen and oxygen atoms in total. The first kappa shape index (κ1) is 13.3. The van der Waals surface area contributed by atoms with Gasteiger partial charge in [0.15, 0.2) is 0 Å². The van der Waals surface area contributed by atoms with Crippen molar-refractivity contribution in [3.8, 4) is 0 Å². The maximum atomic E-state index is 4.50. The van der Waals surface area contributed by atoms with Crippen LogP contribution < -0.4 is 5.32 Å². The van der Waals surface area contributed by atoms with Crippen LogP contribution in [0.3, 0.4) is 0 Å². The first-order chi connectivity index (χ1) is 8.72. The lowest BCUT2D eigenvalue weighted by Crippen LogP contribution is -2.18. The summed E-state index contributed by atoms with van der Waals surface area (Å²) in [4.78, 5) is 4.50. The van der Waals surface area contributed by atoms with Crippen molar-refractivity contribution in [2.75, 3.05) is 5.32 Å². The van der Waals surface area contributed by atoms with Gasteiger partial charge in [0.2, 0.25) is 0 Å². The molecule has 0 radical (unpaired) electrons. The number of aryl methyl sites for hydroxylation is 1. The van der Waals surface area contributed by atoms with Gasteiger partial charge in [-0.25, -0.2) is 4.98 Å². The van der Waals surface area contributed by atoms with Crippen molar-refractivity contribution >= 4 is 27.2 Å². The average Bonchev–Trinajstić information content (AvgIpc) is 2.69. The van der Waals surface area contributed by atoms with Gasteiger partial charge in [-0.15, -0.1) is 11.3 Å². The van der Waals surface area contributed by atoms with Gasteiger partial charge in [-0.3, -0.25) is 0 Å². The largest absolute Gasteiger partial charge is 0.382 e. The van der Waals surface area contributed by atoms with Gasteiger partial charge < -0.3 is 5.32 Å². The van der Waals surface area contributed by atoms with Gasteiger partial charge in [-0.1, -0.05) is 26.7 Å². The molecular weight excluding hydrogens is 240 g/mol. The summed E-state index contributed by atoms with van der Waals surface area (Å²) >= 11 is 1.77. The minimum atomic E-state index is 0.603. The normalized spacial score (nSPS) is 11.3. The van der Waals surface area contributed by atoms with Crippen LogP contribution in [0.15, 0.2) is 18.2 Å². The van der Waals surface area contributed by atoms with Crippen molar-refractivity contribution in [2.24, 2.45) is 0 Å². The summed E-state index contributed by atoms with van der Waals surface area (Å²) in [6.07, 6.45) is 4.96. The molecule has 0 unspecified atom stereocenters. The zero-order valence-electron chi connectivity index (χ0n) is 11.5. The standard InChI is InChI=1S/C15H22N2S/c1-4-6-12(7-5-2)17-13-8-9-14-15(10-13)18-11(3)16-14/h8-10,12,17H,4-7H2,1-3H3. The Morgan fingerprint density at radius 3 is 2.61 bits per heavy atom. The fourth-order valence-electron chi connectivity index (χ4n) is 2.35. The molecule has 1 N–H and O–H groups in total. The van der Waals surface area contributed by atoms with Crippen LogP contribution in [0.1, 0.15) is 44.5 Å². The van der Waals surface area contributed by atoms with Crippen molar-refractivity contribution < 1.29 is 0 Å². The van der Waals surface area contributed by atoms with Gasteiger partial charge in [-0.2, -0.15) is 0 Å². The molecule has 0 saturated heterocycles. The van der Waals surface area contributed by atoms with E-state index in [1.807, 2.05) is 0 Å². The van der Waals surface area contributed by atoms with Crippen LogP contribution in [0.2, 0.25) is 0 Å². The maximum absolute atomic E-state index is 4.50. The van der Waals surface area contributed by atoms with E-state index < -0.39 is 0 Å². The topological polar surface area (TPSA) is 24.9 Å². The average molecular weight is 262 g/mol. The van der Waals surface area contributed by atoms with E-state index in [4.69, 9.17) is 0 Å². The number of rotatable bonds is 6. The third kappa shape index (κ3) is 3.22. The van der Waals surface area contributed by atoms with Gasteiger partial charge in [0, 0.05) is 11.7 Å². The molecule has 0 amide bonds. The Labute approximate surface area is 113 Å². The predicted octanol–water partition coefficient (Wildman–Crippen LogP) is 4.99. The lowest BCUT2D eigenvalue weighted by molar-refractivity contribution is 0.586. The summed E-state index contributed by atoms with van der Waals surface area (Å²) in [6, 6.07) is 7.11. The molecule has 0 aliphatic rings. The zero-order chi connectivity index (χ0) is 13.0. The summed E-state index contributed by atoms with van der Waals surface area (Å²) in [5, 5.41) is 4.80. The summed E-state index contributed by atoms with van der Waals surface area (Å²) in [5.41, 5.74) is 2.35. The van der Waals surface area contributed by atoms with Crippen LogP contribution in [0.4, 0.5) is 5.69 Å². The SMILES string of the molecule is CCCC(CCC)Nc1ccc2nc(C)sc2c1. The Hall–Kier alpha value is -1.09. The molecule has 3 heteroatoms. The molecule has 2 rings (SSSR count). The second kappa shape index (κ2) is 6.19. The number of nitrogens with zero attached hydrogens (tertiary/aromatic N) is 1. The van der Waals surface area contributed by atoms with Crippen LogP contribution in [-0.2, 0) is 0 Å². The fourth-order valence-corrected chi connectivity index (χ4v) is 3.22. The minimum absolute atomic E-state index is 0.603. The van der Waals surface area contributed by atoms with Gasteiger partial charge in [0.25, 0.3) is 0 Å². The molecule has 18 heavy (non-hydrogen) atoms. The van der Waals surface area contributed by atoms with Crippen molar-refractivity contribution in [1.29, 1.82) is 0 Å². The molecule has 0 aliphatic heterocycles. The third-order valence-corrected chi connectivity index (χ3v) is 4.07. The number of hydrogen-bond donors (Lipinski definition) is 1. The number of nitrogens with one attached hydrogen (secondary N) is 1. The molecular formula is C15H22N2S. The number of thiazole rings is 1. The quantitative estimate of drug-likeness (QED) is 0.793. The molecule has 1 heterocycles. The second-order valence-electron chi connectivity index (χ2n) is 4.83. The number of anilines is 1. The molecule has 0 spiro atoms. The first-order valence-corrected chi connectivity index (χ1v) is 7.68. The number of aromatic nitrogens is 1. The molecule has 0 atom stereocenters. The summed E-state index contributed by atoms with van der Waals surface area (Å²) in [5.74, 6) is 0. The Morgan fingerprint density at radius 2 is 1.94 bits per heavy atom. The van der Waals surface area contributed by atoms with E-state index in [1.165, 1.54) is 36.1 Å². The molecule has 2 aromatic rings. The van der Waals surface area contributed by atoms with E-state index >= 15 is 0 Å². The predicted molar refractivity (Wildman–Crippen MR) is 81.6 cm³/mol. The monoisotopic (exact) mass is 262 g/mol. The maximum Gasteiger partial charge on any atom is 0.0907 e. The fraction of sp³-hybridized carbons (Fsp3) is 0.533. The van der Waals surface area contributed by atoms with Crippen molar-refractivity contribution in [3.63, 3.8) is 0 Å². The highest BCUT2D eigenvalue weighted by atomic mass is 32.1. The van der Waals surface area contributed by atoms with Crippen LogP contribution in [-0.4, -0.2) is 11.0 Å². The van der Waals surface area contributed by atoms with E-state index in [9.17, 15) is 0 Å². The van der Waals surface area contributed by atoms with Crippen LogP contribution in [0.25, 0.3) is 10.2 Å². The van der Waals surface area contributed by atoms with E-state index in [1.54, 1.807) is 11.3 Å². The lowest BCUT2D eigenvalue weighted by atomic mass is 10.1. The van der Waals surface area contributed by atoms with Gasteiger partial charge in [-0.05, 0) is 38.0 Å². The van der Waals surface area contributed by atoms with E-state index in [0.29, 0.717) is 6.04 Å². The van der Waals surface area contributed by atoms with E-state index in [-0.39, 0.29) is 0 Å². The molecule has 1 aromatic carbocycles. The first-order valence-electron chi connectivity index (χ1n) is 6.86. The molecule has 0 aliphatic carbocycles. The minimum Gasteiger partial charge on any atom is -0.382 e. The van der Waals surface area contributed by atoms with E-state index in [0.717, 1.165) is 10.5 Å². The summed E-state index contributed by atoms with van der Waals surface area (Å²) in [6.45, 7) is 6.56. The van der Waals surface area contributed by atoms with Crippen molar-refractivity contribution in [1.82, 2.24) is 4.98 Å². The smallest absolute Gasteiger partial charge is 0.0907 e. The highest BCUT2D eigenvalue weighted by molar-refractivity contribution is 7.18. The molecule has 98 valence electrons. The van der Waals surface area contributed by atoms with Gasteiger partial charge in [0.1, 0.15) is 0 Å². The Bertz CT molecular complexity index is 498. The third-order valence-electron chi connectivity index (χ3n) is 3.14.